The largest absolute Gasteiger partial charge is 0.481 e. The first-order valence-corrected chi connectivity index (χ1v) is 12.4. The lowest BCUT2D eigenvalue weighted by molar-refractivity contribution is -0.139. The molecule has 8 nitrogen and oxygen atoms in total. The molecule has 0 aliphatic heterocycles. The first kappa shape index (κ1) is 27.9. The molecular formula is C28H34FN3O5. The van der Waals surface area contributed by atoms with E-state index in [9.17, 15) is 23.9 Å². The van der Waals surface area contributed by atoms with E-state index >= 15 is 0 Å². The third-order valence-corrected chi connectivity index (χ3v) is 6.31. The summed E-state index contributed by atoms with van der Waals surface area (Å²) in [7, 11) is 0. The Bertz CT molecular complexity index is 1210. The van der Waals surface area contributed by atoms with Crippen molar-refractivity contribution in [3.05, 3.63) is 71.9 Å². The zero-order valence-electron chi connectivity index (χ0n) is 21.1. The Kier molecular flexibility index (Phi) is 9.79. The highest BCUT2D eigenvalue weighted by Gasteiger charge is 2.31. The molecule has 9 heteroatoms. The lowest BCUT2D eigenvalue weighted by atomic mass is 10.0. The number of aliphatic hydroxyl groups is 1. The molecule has 3 rings (SSSR count). The number of para-hydroxylation sites is 1. The highest BCUT2D eigenvalue weighted by Crippen LogP contribution is 2.21. The number of benzene rings is 2. The number of aliphatic hydroxyl groups excluding tert-OH is 1. The predicted octanol–water partition coefficient (Wildman–Crippen LogP) is 3.32. The number of alkyl halides is 1. The van der Waals surface area contributed by atoms with Crippen molar-refractivity contribution in [2.45, 2.75) is 57.8 Å². The average molecular weight is 512 g/mol. The molecule has 37 heavy (non-hydrogen) atoms. The number of nitrogens with one attached hydrogen (secondary N) is 2. The molecule has 0 aliphatic carbocycles. The number of aromatic nitrogens is 1. The maximum absolute atomic E-state index is 13.4. The minimum Gasteiger partial charge on any atom is -0.481 e. The summed E-state index contributed by atoms with van der Waals surface area (Å²) in [6.45, 7) is 2.85. The third kappa shape index (κ3) is 7.39. The number of carboxylic acid groups (broad SMARTS) is 1. The smallest absolute Gasteiger partial charge is 0.305 e. The van der Waals surface area contributed by atoms with Crippen LogP contribution < -0.4 is 10.6 Å². The van der Waals surface area contributed by atoms with E-state index in [0.29, 0.717) is 12.2 Å². The van der Waals surface area contributed by atoms with E-state index in [2.05, 4.69) is 22.8 Å². The molecule has 0 fully saturated rings. The van der Waals surface area contributed by atoms with Crippen LogP contribution in [0.15, 0.2) is 60.7 Å². The number of rotatable bonds is 13. The number of fused-ring (bicyclic) bond motifs is 1. The van der Waals surface area contributed by atoms with Gasteiger partial charge in [0.15, 0.2) is 0 Å². The molecule has 198 valence electrons. The maximum atomic E-state index is 13.4. The van der Waals surface area contributed by atoms with Crippen LogP contribution in [0.25, 0.3) is 10.9 Å². The fourth-order valence-electron chi connectivity index (χ4n) is 4.33. The zero-order chi connectivity index (χ0) is 26.9. The van der Waals surface area contributed by atoms with Crippen LogP contribution in [-0.4, -0.2) is 57.4 Å². The zero-order valence-corrected chi connectivity index (χ0v) is 21.1. The molecule has 1 heterocycles. The van der Waals surface area contributed by atoms with Crippen molar-refractivity contribution in [1.82, 2.24) is 15.2 Å². The second kappa shape index (κ2) is 13.0. The van der Waals surface area contributed by atoms with Gasteiger partial charge in [-0.15, -0.1) is 0 Å². The summed E-state index contributed by atoms with van der Waals surface area (Å²) in [6.07, 6.45) is -0.677. The number of halogens is 1. The lowest BCUT2D eigenvalue weighted by Gasteiger charge is -2.26. The van der Waals surface area contributed by atoms with Gasteiger partial charge in [-0.3, -0.25) is 14.4 Å². The topological polar surface area (TPSA) is 121 Å². The molecule has 0 aliphatic rings. The third-order valence-electron chi connectivity index (χ3n) is 6.31. The van der Waals surface area contributed by atoms with Gasteiger partial charge >= 0.3 is 5.97 Å². The summed E-state index contributed by atoms with van der Waals surface area (Å²) in [6, 6.07) is 17.2. The van der Waals surface area contributed by atoms with Crippen molar-refractivity contribution in [2.24, 2.45) is 5.92 Å². The van der Waals surface area contributed by atoms with E-state index < -0.39 is 49.1 Å². The quantitative estimate of drug-likeness (QED) is 0.281. The van der Waals surface area contributed by atoms with Crippen LogP contribution in [0, 0.1) is 5.92 Å². The fourth-order valence-corrected chi connectivity index (χ4v) is 4.33. The Hall–Kier alpha value is -3.72. The van der Waals surface area contributed by atoms with E-state index in [0.717, 1.165) is 23.7 Å². The fraction of sp³-hybridized carbons (Fsp3) is 0.393. The minimum atomic E-state index is -1.67. The lowest BCUT2D eigenvalue weighted by Crippen LogP contribution is -2.55. The van der Waals surface area contributed by atoms with Gasteiger partial charge in [-0.2, -0.15) is 0 Å². The van der Waals surface area contributed by atoms with Crippen LogP contribution in [0.1, 0.15) is 42.7 Å². The molecule has 4 N–H and O–H groups in total. The molecule has 0 spiro atoms. The summed E-state index contributed by atoms with van der Waals surface area (Å²) in [4.78, 5) is 37.5. The molecule has 2 aromatic carbocycles. The van der Waals surface area contributed by atoms with Crippen LogP contribution in [0.5, 0.6) is 0 Å². The van der Waals surface area contributed by atoms with Crippen LogP contribution in [0.3, 0.4) is 0 Å². The summed E-state index contributed by atoms with van der Waals surface area (Å²) >= 11 is 0. The number of carbonyl (C=O) groups excluding carboxylic acids is 2. The van der Waals surface area contributed by atoms with Crippen molar-refractivity contribution in [3.63, 3.8) is 0 Å². The Morgan fingerprint density at radius 1 is 1.00 bits per heavy atom. The normalized spacial score (nSPS) is 13.8. The Labute approximate surface area is 215 Å². The second-order valence-electron chi connectivity index (χ2n) is 9.46. The Balaban J connectivity index is 1.79. The summed E-state index contributed by atoms with van der Waals surface area (Å²) in [5.41, 5.74) is 2.50. The number of hydrogen-bond donors (Lipinski definition) is 4. The number of amides is 2. The first-order valence-electron chi connectivity index (χ1n) is 12.4. The summed E-state index contributed by atoms with van der Waals surface area (Å²) in [5, 5.41) is 25.0. The summed E-state index contributed by atoms with van der Waals surface area (Å²) < 4.78 is 15.0. The number of carbonyl (C=O) groups is 3. The van der Waals surface area contributed by atoms with Gasteiger partial charge in [0.2, 0.25) is 5.91 Å². The van der Waals surface area contributed by atoms with Crippen LogP contribution in [-0.2, 0) is 22.6 Å². The number of aryl methyl sites for hydroxylation is 2. The van der Waals surface area contributed by atoms with Gasteiger partial charge in [0.1, 0.15) is 24.5 Å². The average Bonchev–Trinajstić information content (AvgIpc) is 3.25. The van der Waals surface area contributed by atoms with E-state index in [1.807, 2.05) is 47.0 Å². The van der Waals surface area contributed by atoms with Crippen molar-refractivity contribution in [2.75, 3.05) is 6.67 Å². The van der Waals surface area contributed by atoms with Gasteiger partial charge in [-0.1, -0.05) is 62.4 Å². The SMILES string of the molecule is CC(C)[C@H](NC(=O)c1cc2ccccc2n1CCCc1ccccc1)C(=O)NC(CC(=O)O)C(O)CF. The highest BCUT2D eigenvalue weighted by molar-refractivity contribution is 6.01. The van der Waals surface area contributed by atoms with Crippen molar-refractivity contribution in [1.29, 1.82) is 0 Å². The van der Waals surface area contributed by atoms with Crippen LogP contribution in [0.2, 0.25) is 0 Å². The van der Waals surface area contributed by atoms with Gasteiger partial charge in [-0.25, -0.2) is 4.39 Å². The molecule has 2 unspecified atom stereocenters. The van der Waals surface area contributed by atoms with E-state index in [1.165, 1.54) is 5.56 Å². The highest BCUT2D eigenvalue weighted by atomic mass is 19.1. The molecule has 1 aromatic heterocycles. The summed E-state index contributed by atoms with van der Waals surface area (Å²) in [5.74, 6) is -2.78. The second-order valence-corrected chi connectivity index (χ2v) is 9.46. The molecule has 0 saturated heterocycles. The van der Waals surface area contributed by atoms with E-state index in [1.54, 1.807) is 19.9 Å². The molecule has 3 aromatic rings. The number of nitrogens with zero attached hydrogens (tertiary/aromatic N) is 1. The predicted molar refractivity (Wildman–Crippen MR) is 139 cm³/mol. The van der Waals surface area contributed by atoms with Crippen molar-refractivity contribution in [3.8, 4) is 0 Å². The molecule has 0 bridgehead atoms. The van der Waals surface area contributed by atoms with Crippen molar-refractivity contribution < 1.29 is 29.0 Å². The van der Waals surface area contributed by atoms with Crippen LogP contribution >= 0.6 is 0 Å². The van der Waals surface area contributed by atoms with Crippen LogP contribution in [0.4, 0.5) is 4.39 Å². The Morgan fingerprint density at radius 3 is 2.32 bits per heavy atom. The number of aliphatic carboxylic acids is 1. The molecule has 2 amide bonds. The standard InChI is InChI=1S/C28H34FN3O5/c1-18(2)26(28(37)30-21(16-25(34)35)24(33)17-29)31-27(36)23-15-20-12-6-7-13-22(20)32(23)14-8-11-19-9-4-3-5-10-19/h3-7,9-10,12-13,15,18,21,24,26,33H,8,11,14,16-17H2,1-2H3,(H,30,37)(H,31,36)(H,34,35)/t21?,24?,26-/m0/s1. The maximum Gasteiger partial charge on any atom is 0.305 e. The van der Waals surface area contributed by atoms with Gasteiger partial charge in [-0.05, 0) is 36.5 Å². The van der Waals surface area contributed by atoms with Gasteiger partial charge in [0.25, 0.3) is 5.91 Å². The number of hydrogen-bond acceptors (Lipinski definition) is 4. The Morgan fingerprint density at radius 2 is 1.68 bits per heavy atom. The molecule has 0 radical (unpaired) electrons. The first-order chi connectivity index (χ1) is 17.7. The molecule has 3 atom stereocenters. The van der Waals surface area contributed by atoms with Gasteiger partial charge in [0, 0.05) is 17.4 Å². The minimum absolute atomic E-state index is 0.354. The van der Waals surface area contributed by atoms with Crippen molar-refractivity contribution >= 4 is 28.7 Å². The monoisotopic (exact) mass is 511 g/mol. The van der Waals surface area contributed by atoms with E-state index in [4.69, 9.17) is 5.11 Å². The molecular weight excluding hydrogens is 477 g/mol. The number of carboxylic acids is 1. The van der Waals surface area contributed by atoms with Gasteiger partial charge < -0.3 is 25.4 Å². The molecule has 0 saturated carbocycles. The van der Waals surface area contributed by atoms with E-state index in [-0.39, 0.29) is 5.92 Å². The van der Waals surface area contributed by atoms with Gasteiger partial charge in [0.05, 0.1) is 12.5 Å².